The van der Waals surface area contributed by atoms with Crippen molar-refractivity contribution in [3.05, 3.63) is 156 Å². The van der Waals surface area contributed by atoms with Crippen LogP contribution < -0.4 is 21.3 Å². The van der Waals surface area contributed by atoms with Gasteiger partial charge in [0.1, 0.15) is 24.2 Å². The number of nitrogens with one attached hydrogen (secondary N) is 4. The molecular formula is C47H56N4O7S. The molecular weight excluding hydrogens is 765 g/mol. The molecule has 0 aliphatic carbocycles. The first-order chi connectivity index (χ1) is 28.5. The van der Waals surface area contributed by atoms with Crippen molar-refractivity contribution < 1.29 is 33.4 Å². The summed E-state index contributed by atoms with van der Waals surface area (Å²) >= 11 is 1.46. The summed E-state index contributed by atoms with van der Waals surface area (Å²) < 4.78 is 10.5. The summed E-state index contributed by atoms with van der Waals surface area (Å²) in [5.41, 5.74) is 2.34. The van der Waals surface area contributed by atoms with Crippen LogP contribution in [0.3, 0.4) is 0 Å². The highest BCUT2D eigenvalue weighted by molar-refractivity contribution is 7.99. The van der Waals surface area contributed by atoms with Crippen molar-refractivity contribution in [2.45, 2.75) is 77.2 Å². The van der Waals surface area contributed by atoms with Crippen molar-refractivity contribution >= 4 is 41.5 Å². The molecule has 0 saturated carbocycles. The molecule has 0 aromatic heterocycles. The van der Waals surface area contributed by atoms with E-state index in [4.69, 9.17) is 9.47 Å². The van der Waals surface area contributed by atoms with Crippen LogP contribution in [0.25, 0.3) is 0 Å². The summed E-state index contributed by atoms with van der Waals surface area (Å²) in [6.07, 6.45) is 2.37. The minimum absolute atomic E-state index is 0.0292. The Morgan fingerprint density at radius 3 is 1.71 bits per heavy atom. The van der Waals surface area contributed by atoms with Crippen molar-refractivity contribution in [3.8, 4) is 0 Å². The first-order valence-electron chi connectivity index (χ1n) is 20.0. The zero-order valence-corrected chi connectivity index (χ0v) is 35.0. The second-order valence-electron chi connectivity index (χ2n) is 14.3. The Labute approximate surface area is 352 Å². The van der Waals surface area contributed by atoms with E-state index >= 15 is 0 Å². The highest BCUT2D eigenvalue weighted by Gasteiger charge is 2.38. The monoisotopic (exact) mass is 820 g/mol. The van der Waals surface area contributed by atoms with E-state index in [1.165, 1.54) is 23.9 Å². The number of rotatable bonds is 22. The summed E-state index contributed by atoms with van der Waals surface area (Å²) in [6.45, 7) is 7.68. The summed E-state index contributed by atoms with van der Waals surface area (Å²) in [5.74, 6) is -0.991. The van der Waals surface area contributed by atoms with E-state index in [-0.39, 0.29) is 43.6 Å². The molecule has 0 aliphatic rings. The van der Waals surface area contributed by atoms with Crippen molar-refractivity contribution in [1.29, 1.82) is 0 Å². The lowest BCUT2D eigenvalue weighted by Crippen LogP contribution is -2.56. The number of ether oxygens (including phenoxy) is 2. The topological polar surface area (TPSA) is 152 Å². The Hall–Kier alpha value is -5.88. The van der Waals surface area contributed by atoms with E-state index < -0.39 is 47.5 Å². The van der Waals surface area contributed by atoms with E-state index in [0.29, 0.717) is 12.2 Å². The van der Waals surface area contributed by atoms with Crippen LogP contribution in [0.4, 0.5) is 4.79 Å². The van der Waals surface area contributed by atoms with Gasteiger partial charge in [-0.25, -0.2) is 9.59 Å². The van der Waals surface area contributed by atoms with Crippen LogP contribution in [-0.4, -0.2) is 66.0 Å². The van der Waals surface area contributed by atoms with Gasteiger partial charge in [0.05, 0.1) is 6.61 Å². The molecule has 0 aliphatic heterocycles. The molecule has 4 aromatic carbocycles. The SMILES string of the molecule is CCOC(=O)/C=C/[C@H](CCC(=O)NC(c1ccccc1)(c1ccccc1)c1ccccc1)NC(=O)[C@H](CSCC)NC(=O)[C@H](CC(C)C)NC(=O)OCc1ccccc1. The van der Waals surface area contributed by atoms with Crippen LogP contribution in [0.5, 0.6) is 0 Å². The highest BCUT2D eigenvalue weighted by atomic mass is 32.2. The summed E-state index contributed by atoms with van der Waals surface area (Å²) in [5, 5.41) is 11.8. The molecule has 0 unspecified atom stereocenters. The Morgan fingerprint density at radius 1 is 0.678 bits per heavy atom. The van der Waals surface area contributed by atoms with Crippen LogP contribution >= 0.6 is 11.8 Å². The normalized spacial score (nSPS) is 12.8. The Balaban J connectivity index is 1.54. The number of amides is 4. The summed E-state index contributed by atoms with van der Waals surface area (Å²) in [7, 11) is 0. The molecule has 312 valence electrons. The molecule has 59 heavy (non-hydrogen) atoms. The number of benzene rings is 4. The molecule has 4 N–H and O–H groups in total. The molecule has 0 fully saturated rings. The fourth-order valence-corrected chi connectivity index (χ4v) is 7.23. The average Bonchev–Trinajstić information content (AvgIpc) is 3.25. The van der Waals surface area contributed by atoms with Gasteiger partial charge in [0.2, 0.25) is 17.7 Å². The lowest BCUT2D eigenvalue weighted by Gasteiger charge is -2.37. The lowest BCUT2D eigenvalue weighted by atomic mass is 9.77. The Bertz CT molecular complexity index is 1850. The predicted molar refractivity (Wildman–Crippen MR) is 232 cm³/mol. The second kappa shape index (κ2) is 24.1. The van der Waals surface area contributed by atoms with Crippen LogP contribution in [-0.2, 0) is 40.8 Å². The van der Waals surface area contributed by atoms with Gasteiger partial charge in [-0.2, -0.15) is 11.8 Å². The van der Waals surface area contributed by atoms with Crippen LogP contribution in [0.1, 0.15) is 69.2 Å². The predicted octanol–water partition coefficient (Wildman–Crippen LogP) is 7.06. The van der Waals surface area contributed by atoms with Gasteiger partial charge >= 0.3 is 12.1 Å². The van der Waals surface area contributed by atoms with Crippen LogP contribution in [0.2, 0.25) is 0 Å². The van der Waals surface area contributed by atoms with Crippen molar-refractivity contribution in [3.63, 3.8) is 0 Å². The molecule has 0 bridgehead atoms. The van der Waals surface area contributed by atoms with E-state index in [1.54, 1.807) is 6.92 Å². The number of hydrogen-bond donors (Lipinski definition) is 4. The molecule has 4 amide bonds. The minimum atomic E-state index is -1.04. The van der Waals surface area contributed by atoms with E-state index in [0.717, 1.165) is 22.3 Å². The minimum Gasteiger partial charge on any atom is -0.463 e. The maximum absolute atomic E-state index is 14.2. The number of thioether (sulfide) groups is 1. The largest absolute Gasteiger partial charge is 0.463 e. The van der Waals surface area contributed by atoms with Crippen molar-refractivity contribution in [2.75, 3.05) is 18.1 Å². The first kappa shape index (κ1) is 45.8. The standard InChI is InChI=1S/C47H56N4O7S/c1-5-57-43(53)30-28-39(27-29-42(52)51-47(36-21-13-8-14-22-36,37-23-15-9-16-24-37)38-25-17-10-18-26-38)48-45(55)41(33-59-6-2)49-44(54)40(31-34(3)4)50-46(56)58-32-35-19-11-7-12-20-35/h7-26,28,30,34,39-41H,5-6,27,29,31-33H2,1-4H3,(H,48,55)(H,49,54)(H,50,56)(H,51,52)/b30-28+/t39-,40-,41-/m0/s1. The third-order valence-electron chi connectivity index (χ3n) is 9.36. The van der Waals surface area contributed by atoms with Crippen LogP contribution in [0.15, 0.2) is 133 Å². The fraction of sp³-hybridized carbons (Fsp3) is 0.340. The van der Waals surface area contributed by atoms with Gasteiger partial charge in [-0.1, -0.05) is 148 Å². The molecule has 4 rings (SSSR count). The molecule has 0 radical (unpaired) electrons. The number of carbonyl (C=O) groups excluding carboxylic acids is 5. The van der Waals surface area contributed by atoms with Crippen molar-refractivity contribution in [1.82, 2.24) is 21.3 Å². The van der Waals surface area contributed by atoms with E-state index in [2.05, 4.69) is 21.3 Å². The number of carbonyl (C=O) groups is 5. The van der Waals surface area contributed by atoms with Gasteiger partial charge in [-0.05, 0) is 53.7 Å². The maximum atomic E-state index is 14.2. The molecule has 12 heteroatoms. The Kier molecular flexibility index (Phi) is 18.7. The second-order valence-corrected chi connectivity index (χ2v) is 15.6. The smallest absolute Gasteiger partial charge is 0.408 e. The quantitative estimate of drug-likeness (QED) is 0.0374. The molecule has 0 heterocycles. The average molecular weight is 821 g/mol. The maximum Gasteiger partial charge on any atom is 0.408 e. The lowest BCUT2D eigenvalue weighted by molar-refractivity contribution is -0.137. The van der Waals surface area contributed by atoms with E-state index in [9.17, 15) is 24.0 Å². The molecule has 3 atom stereocenters. The number of alkyl carbamates (subject to hydrolysis) is 1. The number of hydrogen-bond acceptors (Lipinski definition) is 8. The third-order valence-corrected chi connectivity index (χ3v) is 10.3. The van der Waals surface area contributed by atoms with Gasteiger partial charge < -0.3 is 30.7 Å². The third kappa shape index (κ3) is 14.5. The van der Waals surface area contributed by atoms with Crippen LogP contribution in [0, 0.1) is 5.92 Å². The number of esters is 1. The van der Waals surface area contributed by atoms with Crippen molar-refractivity contribution in [2.24, 2.45) is 5.92 Å². The molecule has 11 nitrogen and oxygen atoms in total. The fourth-order valence-electron chi connectivity index (χ4n) is 6.52. The van der Waals surface area contributed by atoms with Gasteiger partial charge in [-0.3, -0.25) is 14.4 Å². The van der Waals surface area contributed by atoms with Gasteiger partial charge in [0.15, 0.2) is 0 Å². The molecule has 4 aromatic rings. The Morgan fingerprint density at radius 2 is 1.20 bits per heavy atom. The summed E-state index contributed by atoms with van der Waals surface area (Å²) in [4.78, 5) is 67.1. The van der Waals surface area contributed by atoms with Gasteiger partial charge in [0, 0.05) is 24.3 Å². The highest BCUT2D eigenvalue weighted by Crippen LogP contribution is 2.37. The first-order valence-corrected chi connectivity index (χ1v) is 21.2. The van der Waals surface area contributed by atoms with E-state index in [1.807, 2.05) is 142 Å². The van der Waals surface area contributed by atoms with Gasteiger partial charge in [0.25, 0.3) is 0 Å². The zero-order valence-electron chi connectivity index (χ0n) is 34.2. The zero-order chi connectivity index (χ0) is 42.5. The van der Waals surface area contributed by atoms with Gasteiger partial charge in [-0.15, -0.1) is 0 Å². The molecule has 0 saturated heterocycles. The molecule has 0 spiro atoms. The summed E-state index contributed by atoms with van der Waals surface area (Å²) in [6, 6.07) is 35.6.